The fraction of sp³-hybridized carbons (Fsp3) is 0.345. The summed E-state index contributed by atoms with van der Waals surface area (Å²) in [5, 5.41) is 2.68. The first-order chi connectivity index (χ1) is 14.7. The maximum absolute atomic E-state index is 3.36. The molecule has 1 aliphatic rings. The summed E-state index contributed by atoms with van der Waals surface area (Å²) >= 11 is 1.74. The number of aryl methyl sites for hydroxylation is 1. The zero-order chi connectivity index (χ0) is 23.0. The van der Waals surface area contributed by atoms with Gasteiger partial charge < -0.3 is 0 Å². The summed E-state index contributed by atoms with van der Waals surface area (Å²) in [6.45, 7) is 15.5. The number of fused-ring (bicyclic) bond motifs is 1. The molecule has 0 fully saturated rings. The third kappa shape index (κ3) is 9.77. The Balaban J connectivity index is 0.000000580. The Labute approximate surface area is 229 Å². The van der Waals surface area contributed by atoms with E-state index in [1.807, 2.05) is 0 Å². The Morgan fingerprint density at radius 2 is 1.64 bits per heavy atom. The standard InChI is InChI=1S/C18H17.C9H13.C2H6Si.2ClH.Zr/c1-2-6-14-7-5-9-16(13-14)18-12-11-15-8-3-4-10-17(15)18;1-6-5-7(2)9(4)8(6)3;1-3-2;;;/h3-5,7-13H,2,6H2,1H3;6H,1-4H3;1-2H3;2*1H;/q2*-1;;;;+2. The van der Waals surface area contributed by atoms with Gasteiger partial charge in [0.1, 0.15) is 0 Å². The fourth-order valence-electron chi connectivity index (χ4n) is 3.75. The van der Waals surface area contributed by atoms with E-state index in [0.717, 1.165) is 6.42 Å². The molecule has 0 nitrogen and oxygen atoms in total. The van der Waals surface area contributed by atoms with Crippen LogP contribution in [-0.4, -0.2) is 5.43 Å². The van der Waals surface area contributed by atoms with Crippen molar-refractivity contribution < 1.29 is 23.3 Å². The molecule has 4 rings (SSSR count). The Hall–Kier alpha value is -0.790. The van der Waals surface area contributed by atoms with Gasteiger partial charge in [0.05, 0.1) is 0 Å². The van der Waals surface area contributed by atoms with Gasteiger partial charge in [0.2, 0.25) is 0 Å². The number of hydrogen-bond donors (Lipinski definition) is 0. The van der Waals surface area contributed by atoms with Gasteiger partial charge in [-0.2, -0.15) is 11.1 Å². The first-order valence-electron chi connectivity index (χ1n) is 11.3. The molecule has 0 saturated heterocycles. The van der Waals surface area contributed by atoms with Crippen LogP contribution in [0.2, 0.25) is 13.1 Å². The van der Waals surface area contributed by atoms with E-state index in [1.165, 1.54) is 50.6 Å². The van der Waals surface area contributed by atoms with Gasteiger partial charge in [-0.3, -0.25) is 6.08 Å². The van der Waals surface area contributed by atoms with Gasteiger partial charge in [0, 0.05) is 0 Å². The summed E-state index contributed by atoms with van der Waals surface area (Å²) in [4.78, 5) is 0. The molecule has 0 radical (unpaired) electrons. The maximum atomic E-state index is 3.36. The Morgan fingerprint density at radius 1 is 1.00 bits per heavy atom. The molecule has 0 saturated carbocycles. The minimum absolute atomic E-state index is 0. The monoisotopic (exact) mass is 574 g/mol. The summed E-state index contributed by atoms with van der Waals surface area (Å²) in [5.41, 5.74) is 8.57. The van der Waals surface area contributed by atoms with Crippen molar-refractivity contribution in [3.8, 4) is 11.1 Å². The number of hydrogen-bond acceptors (Lipinski definition) is 0. The van der Waals surface area contributed by atoms with Gasteiger partial charge in [0.15, 0.2) is 0 Å². The summed E-state index contributed by atoms with van der Waals surface area (Å²) in [6.07, 6.45) is 5.72. The van der Waals surface area contributed by atoms with Crippen molar-refractivity contribution in [1.82, 2.24) is 0 Å². The molecule has 1 atom stereocenters. The van der Waals surface area contributed by atoms with Crippen molar-refractivity contribution >= 4 is 41.0 Å². The van der Waals surface area contributed by atoms with Gasteiger partial charge >= 0.3 is 41.9 Å². The van der Waals surface area contributed by atoms with E-state index in [2.05, 4.69) is 114 Å². The molecule has 0 aromatic heterocycles. The van der Waals surface area contributed by atoms with Crippen LogP contribution >= 0.6 is 24.8 Å². The third-order valence-electron chi connectivity index (χ3n) is 5.69. The predicted octanol–water partition coefficient (Wildman–Crippen LogP) is 9.53. The fourth-order valence-corrected chi connectivity index (χ4v) is 3.75. The van der Waals surface area contributed by atoms with Gasteiger partial charge in [-0.15, -0.1) is 78.4 Å². The zero-order valence-electron chi connectivity index (χ0n) is 21.1. The minimum Gasteiger partial charge on any atom is -0.147 e. The summed E-state index contributed by atoms with van der Waals surface area (Å²) in [6, 6.07) is 22.0. The molecule has 1 unspecified atom stereocenters. The molecule has 0 N–H and O–H groups in total. The van der Waals surface area contributed by atoms with E-state index in [9.17, 15) is 0 Å². The van der Waals surface area contributed by atoms with Gasteiger partial charge in [-0.25, -0.2) is 5.57 Å². The van der Waals surface area contributed by atoms with Crippen LogP contribution < -0.4 is 0 Å². The van der Waals surface area contributed by atoms with Gasteiger partial charge in [0.25, 0.3) is 0 Å². The number of allylic oxidation sites excluding steroid dienone is 4. The molecular weight excluding hydrogens is 539 g/mol. The van der Waals surface area contributed by atoms with Crippen LogP contribution in [-0.2, 0) is 29.8 Å². The minimum atomic E-state index is 0. The van der Waals surface area contributed by atoms with E-state index >= 15 is 0 Å². The maximum Gasteiger partial charge on any atom is -0.147 e. The molecule has 0 heterocycles. The van der Waals surface area contributed by atoms with E-state index in [0.29, 0.717) is 5.92 Å². The van der Waals surface area contributed by atoms with Crippen molar-refractivity contribution in [2.24, 2.45) is 5.92 Å². The molecule has 0 amide bonds. The smallest absolute Gasteiger partial charge is 0.147 e. The average Bonchev–Trinajstić information content (AvgIpc) is 3.25. The van der Waals surface area contributed by atoms with E-state index in [1.54, 1.807) is 23.3 Å². The summed E-state index contributed by atoms with van der Waals surface area (Å²) < 4.78 is 0. The first kappa shape index (κ1) is 32.2. The van der Waals surface area contributed by atoms with Gasteiger partial charge in [-0.05, 0) is 12.0 Å². The molecule has 3 aromatic rings. The van der Waals surface area contributed by atoms with Crippen molar-refractivity contribution in [2.45, 2.75) is 60.6 Å². The molecule has 0 bridgehead atoms. The van der Waals surface area contributed by atoms with Crippen LogP contribution in [0.4, 0.5) is 0 Å². The Bertz CT molecular complexity index is 1090. The summed E-state index contributed by atoms with van der Waals surface area (Å²) in [7, 11) is 0. The molecule has 176 valence electrons. The molecule has 1 aliphatic carbocycles. The van der Waals surface area contributed by atoms with Crippen molar-refractivity contribution in [1.29, 1.82) is 0 Å². The molecule has 0 aliphatic heterocycles. The SMILES string of the molecule is CC1=[C-]C(C)C(C)=C1C.CCCc1cccc(-c2c[cH-]c3ccccc23)c1.C[Si](C)=[Zr+2].Cl.Cl. The molecular formula is C29H38Cl2SiZr. The summed E-state index contributed by atoms with van der Waals surface area (Å²) in [5.74, 6) is 0.560. The van der Waals surface area contributed by atoms with Crippen molar-refractivity contribution in [3.05, 3.63) is 89.0 Å². The van der Waals surface area contributed by atoms with Crippen LogP contribution in [0.25, 0.3) is 21.9 Å². The topological polar surface area (TPSA) is 0 Å². The van der Waals surface area contributed by atoms with Crippen LogP contribution in [0.3, 0.4) is 0 Å². The second-order valence-corrected chi connectivity index (χ2v) is 18.0. The van der Waals surface area contributed by atoms with E-state index in [4.69, 9.17) is 0 Å². The van der Waals surface area contributed by atoms with Crippen LogP contribution in [0.1, 0.15) is 46.6 Å². The van der Waals surface area contributed by atoms with Crippen LogP contribution in [0.15, 0.2) is 77.4 Å². The second kappa shape index (κ2) is 16.0. The largest absolute Gasteiger partial charge is 0.147 e. The van der Waals surface area contributed by atoms with Crippen LogP contribution in [0, 0.1) is 12.0 Å². The Kier molecular flexibility index (Phi) is 15.6. The normalized spacial score (nSPS) is 14.2. The van der Waals surface area contributed by atoms with Gasteiger partial charge in [-0.1, -0.05) is 75.9 Å². The predicted molar refractivity (Wildman–Crippen MR) is 151 cm³/mol. The average molecular weight is 577 g/mol. The third-order valence-corrected chi connectivity index (χ3v) is 5.69. The molecule has 0 spiro atoms. The molecule has 3 aromatic carbocycles. The number of rotatable bonds is 3. The number of benzene rings is 2. The zero-order valence-corrected chi connectivity index (χ0v) is 26.2. The number of halogens is 2. The first-order valence-corrected chi connectivity index (χ1v) is 17.5. The Morgan fingerprint density at radius 3 is 2.15 bits per heavy atom. The van der Waals surface area contributed by atoms with Crippen molar-refractivity contribution in [3.63, 3.8) is 0 Å². The quantitative estimate of drug-likeness (QED) is 0.215. The molecule has 33 heavy (non-hydrogen) atoms. The second-order valence-electron chi connectivity index (χ2n) is 8.58. The van der Waals surface area contributed by atoms with E-state index in [-0.39, 0.29) is 30.2 Å². The molecule has 4 heteroatoms. The van der Waals surface area contributed by atoms with E-state index < -0.39 is 0 Å². The van der Waals surface area contributed by atoms with Crippen molar-refractivity contribution in [2.75, 3.05) is 0 Å². The van der Waals surface area contributed by atoms with Crippen LogP contribution in [0.5, 0.6) is 0 Å².